The summed E-state index contributed by atoms with van der Waals surface area (Å²) in [7, 11) is 1.49. The van der Waals surface area contributed by atoms with Crippen molar-refractivity contribution in [2.45, 2.75) is 0 Å². The number of carbonyl (C=O) groups is 2. The molecule has 0 radical (unpaired) electrons. The molecule has 0 aliphatic rings. The molecule has 2 rings (SSSR count). The minimum absolute atomic E-state index is 0.266. The van der Waals surface area contributed by atoms with Crippen LogP contribution in [0.1, 0.15) is 20.7 Å². The Balaban J connectivity index is 2.17. The first kappa shape index (κ1) is 14.0. The highest BCUT2D eigenvalue weighted by Gasteiger charge is 2.12. The number of anilines is 1. The molecular formula is C14H11ClN2O3. The third kappa shape index (κ3) is 3.13. The van der Waals surface area contributed by atoms with E-state index >= 15 is 0 Å². The predicted molar refractivity (Wildman–Crippen MR) is 75.4 cm³/mol. The van der Waals surface area contributed by atoms with Crippen LogP contribution in [-0.4, -0.2) is 23.2 Å². The minimum atomic E-state index is -0.597. The molecule has 0 aliphatic carbocycles. The first-order valence-electron chi connectivity index (χ1n) is 5.72. The third-order valence-corrected chi connectivity index (χ3v) is 2.80. The van der Waals surface area contributed by atoms with E-state index in [9.17, 15) is 9.59 Å². The second kappa shape index (κ2) is 6.16. The summed E-state index contributed by atoms with van der Waals surface area (Å²) in [6.07, 6.45) is 1.30. The quantitative estimate of drug-likeness (QED) is 0.879. The lowest BCUT2D eigenvalue weighted by molar-refractivity contribution is 0.102. The van der Waals surface area contributed by atoms with Gasteiger partial charge in [-0.25, -0.2) is 4.98 Å². The Morgan fingerprint density at radius 1 is 1.20 bits per heavy atom. The summed E-state index contributed by atoms with van der Waals surface area (Å²) in [4.78, 5) is 26.9. The Morgan fingerprint density at radius 3 is 2.55 bits per heavy atom. The van der Waals surface area contributed by atoms with E-state index < -0.39 is 5.24 Å². The molecule has 2 aromatic rings. The number of aromatic nitrogens is 1. The van der Waals surface area contributed by atoms with Gasteiger partial charge in [0, 0.05) is 6.20 Å². The zero-order valence-electron chi connectivity index (χ0n) is 10.6. The normalized spacial score (nSPS) is 9.90. The van der Waals surface area contributed by atoms with E-state index in [1.807, 2.05) is 0 Å². The number of amides is 1. The maximum atomic E-state index is 12.1. The van der Waals surface area contributed by atoms with Crippen LogP contribution in [-0.2, 0) is 0 Å². The third-order valence-electron chi connectivity index (χ3n) is 2.58. The van der Waals surface area contributed by atoms with Gasteiger partial charge in [0.25, 0.3) is 11.1 Å². The van der Waals surface area contributed by atoms with Gasteiger partial charge in [0.2, 0.25) is 0 Å². The summed E-state index contributed by atoms with van der Waals surface area (Å²) >= 11 is 5.31. The topological polar surface area (TPSA) is 68.3 Å². The molecule has 0 atom stereocenters. The summed E-state index contributed by atoms with van der Waals surface area (Å²) in [5.74, 6) is 0.444. The van der Waals surface area contributed by atoms with Crippen molar-refractivity contribution in [3.8, 4) is 5.75 Å². The van der Waals surface area contributed by atoms with Crippen molar-refractivity contribution in [2.75, 3.05) is 12.4 Å². The van der Waals surface area contributed by atoms with Gasteiger partial charge in [-0.2, -0.15) is 0 Å². The number of hydrogen-bond donors (Lipinski definition) is 1. The Hall–Kier alpha value is -2.40. The van der Waals surface area contributed by atoms with E-state index in [4.69, 9.17) is 16.3 Å². The maximum absolute atomic E-state index is 12.1. The minimum Gasteiger partial charge on any atom is -0.496 e. The molecule has 102 valence electrons. The smallest absolute Gasteiger partial charge is 0.260 e. The molecule has 0 saturated carbocycles. The highest BCUT2D eigenvalue weighted by atomic mass is 35.5. The van der Waals surface area contributed by atoms with Crippen molar-refractivity contribution >= 4 is 28.6 Å². The van der Waals surface area contributed by atoms with Gasteiger partial charge in [-0.3, -0.25) is 9.59 Å². The van der Waals surface area contributed by atoms with E-state index in [1.165, 1.54) is 25.4 Å². The highest BCUT2D eigenvalue weighted by molar-refractivity contribution is 6.67. The van der Waals surface area contributed by atoms with Crippen molar-refractivity contribution in [3.05, 3.63) is 53.7 Å². The average molecular weight is 291 g/mol. The van der Waals surface area contributed by atoms with Crippen molar-refractivity contribution in [3.63, 3.8) is 0 Å². The second-order valence-corrected chi connectivity index (χ2v) is 4.20. The van der Waals surface area contributed by atoms with Crippen molar-refractivity contribution in [1.29, 1.82) is 0 Å². The van der Waals surface area contributed by atoms with Gasteiger partial charge in [-0.05, 0) is 35.9 Å². The second-order valence-electron chi connectivity index (χ2n) is 3.86. The molecule has 5 nitrogen and oxygen atoms in total. The molecule has 1 heterocycles. The van der Waals surface area contributed by atoms with Crippen LogP contribution >= 0.6 is 11.6 Å². The monoisotopic (exact) mass is 290 g/mol. The molecule has 0 spiro atoms. The molecule has 0 aliphatic heterocycles. The van der Waals surface area contributed by atoms with Crippen LogP contribution in [0.4, 0.5) is 5.82 Å². The summed E-state index contributed by atoms with van der Waals surface area (Å²) in [5.41, 5.74) is 0.663. The van der Waals surface area contributed by atoms with Crippen molar-refractivity contribution in [1.82, 2.24) is 4.98 Å². The predicted octanol–water partition coefficient (Wildman–Crippen LogP) is 2.72. The molecular weight excluding hydrogens is 280 g/mol. The van der Waals surface area contributed by atoms with Gasteiger partial charge in [-0.1, -0.05) is 12.1 Å². The number of halogens is 1. The number of para-hydroxylation sites is 1. The van der Waals surface area contributed by atoms with Crippen LogP contribution in [0.15, 0.2) is 42.6 Å². The molecule has 1 aromatic heterocycles. The number of carbonyl (C=O) groups excluding carboxylic acids is 2. The lowest BCUT2D eigenvalue weighted by atomic mass is 10.2. The lowest BCUT2D eigenvalue weighted by Crippen LogP contribution is -2.14. The van der Waals surface area contributed by atoms with Crippen LogP contribution in [0.3, 0.4) is 0 Å². The molecule has 20 heavy (non-hydrogen) atoms. The summed E-state index contributed by atoms with van der Waals surface area (Å²) in [6.45, 7) is 0. The Kier molecular flexibility index (Phi) is 4.32. The van der Waals surface area contributed by atoms with Gasteiger partial charge >= 0.3 is 0 Å². The molecule has 0 bridgehead atoms. The lowest BCUT2D eigenvalue weighted by Gasteiger charge is -2.08. The maximum Gasteiger partial charge on any atom is 0.260 e. The van der Waals surface area contributed by atoms with E-state index in [-0.39, 0.29) is 11.5 Å². The van der Waals surface area contributed by atoms with Gasteiger partial charge in [0.05, 0.1) is 18.2 Å². The van der Waals surface area contributed by atoms with Crippen LogP contribution in [0.2, 0.25) is 0 Å². The summed E-state index contributed by atoms with van der Waals surface area (Å²) in [6, 6.07) is 9.83. The number of hydrogen-bond acceptors (Lipinski definition) is 4. The van der Waals surface area contributed by atoms with E-state index in [0.29, 0.717) is 17.1 Å². The van der Waals surface area contributed by atoms with E-state index in [2.05, 4.69) is 10.3 Å². The molecule has 0 unspecified atom stereocenters. The number of benzene rings is 1. The zero-order valence-corrected chi connectivity index (χ0v) is 11.3. The van der Waals surface area contributed by atoms with Crippen LogP contribution in [0.25, 0.3) is 0 Å². The number of rotatable bonds is 4. The number of ether oxygens (including phenoxy) is 1. The summed E-state index contributed by atoms with van der Waals surface area (Å²) in [5, 5.41) is 2.02. The van der Waals surface area contributed by atoms with Crippen molar-refractivity contribution < 1.29 is 14.3 Å². The standard InChI is InChI=1S/C14H11ClN2O3/c1-20-11-5-3-2-4-10(11)14(19)17-12-7-6-9(8-16-12)13(15)18/h2-8H,1H3,(H,16,17,19). The molecule has 6 heteroatoms. The fourth-order valence-corrected chi connectivity index (χ4v) is 1.71. The Bertz CT molecular complexity index is 641. The first-order chi connectivity index (χ1) is 9.61. The SMILES string of the molecule is COc1ccccc1C(=O)Nc1ccc(C(=O)Cl)cn1. The average Bonchev–Trinajstić information content (AvgIpc) is 2.47. The summed E-state index contributed by atoms with van der Waals surface area (Å²) < 4.78 is 5.11. The molecule has 0 fully saturated rings. The van der Waals surface area contributed by atoms with Crippen molar-refractivity contribution in [2.24, 2.45) is 0 Å². The van der Waals surface area contributed by atoms with Gasteiger partial charge < -0.3 is 10.1 Å². The largest absolute Gasteiger partial charge is 0.496 e. The first-order valence-corrected chi connectivity index (χ1v) is 6.10. The fraction of sp³-hybridized carbons (Fsp3) is 0.0714. The molecule has 1 aromatic carbocycles. The van der Waals surface area contributed by atoms with Gasteiger partial charge in [-0.15, -0.1) is 0 Å². The molecule has 1 amide bonds. The number of pyridine rings is 1. The van der Waals surface area contributed by atoms with Crippen LogP contribution in [0.5, 0.6) is 5.75 Å². The van der Waals surface area contributed by atoms with E-state index in [0.717, 1.165) is 0 Å². The number of nitrogens with one attached hydrogen (secondary N) is 1. The zero-order chi connectivity index (χ0) is 14.5. The van der Waals surface area contributed by atoms with Gasteiger partial charge in [0.1, 0.15) is 11.6 Å². The highest BCUT2D eigenvalue weighted by Crippen LogP contribution is 2.18. The van der Waals surface area contributed by atoms with Gasteiger partial charge in [0.15, 0.2) is 0 Å². The fourth-order valence-electron chi connectivity index (χ4n) is 1.60. The molecule has 0 saturated heterocycles. The van der Waals surface area contributed by atoms with E-state index in [1.54, 1.807) is 24.3 Å². The number of nitrogens with zero attached hydrogens (tertiary/aromatic N) is 1. The Morgan fingerprint density at radius 2 is 1.95 bits per heavy atom. The Labute approximate surface area is 120 Å². The van der Waals surface area contributed by atoms with Crippen LogP contribution < -0.4 is 10.1 Å². The van der Waals surface area contributed by atoms with Crippen LogP contribution in [0, 0.1) is 0 Å². The number of methoxy groups -OCH3 is 1. The molecule has 1 N–H and O–H groups in total.